The van der Waals surface area contributed by atoms with Gasteiger partial charge in [0.15, 0.2) is 5.78 Å². The lowest BCUT2D eigenvalue weighted by Gasteiger charge is -2.39. The summed E-state index contributed by atoms with van der Waals surface area (Å²) >= 11 is 0. The molecule has 0 fully saturated rings. The fourth-order valence-electron chi connectivity index (χ4n) is 6.36. The van der Waals surface area contributed by atoms with Gasteiger partial charge in [-0.3, -0.25) is 4.79 Å². The van der Waals surface area contributed by atoms with E-state index >= 15 is 0 Å². The number of hydrogen-bond donors (Lipinski definition) is 0. The van der Waals surface area contributed by atoms with Crippen molar-refractivity contribution >= 4 is 17.0 Å². The molecule has 0 spiro atoms. The number of aryl methyl sites for hydroxylation is 1. The predicted octanol–water partition coefficient (Wildman–Crippen LogP) is 6.62. The van der Waals surface area contributed by atoms with Crippen molar-refractivity contribution in [2.75, 3.05) is 18.0 Å². The molecular formula is C32H29NO3. The molecule has 0 bridgehead atoms. The molecular weight excluding hydrogens is 446 g/mol. The lowest BCUT2D eigenvalue weighted by molar-refractivity contribution is 0.103. The molecule has 0 saturated carbocycles. The smallest absolute Gasteiger partial charge is 0.190 e. The first-order chi connectivity index (χ1) is 17.5. The van der Waals surface area contributed by atoms with Crippen LogP contribution in [0.4, 0.5) is 5.69 Å². The Balaban J connectivity index is 1.27. The average Bonchev–Trinajstić information content (AvgIpc) is 3.21. The fourth-order valence-corrected chi connectivity index (χ4v) is 6.36. The average molecular weight is 476 g/mol. The van der Waals surface area contributed by atoms with E-state index in [4.69, 9.17) is 9.47 Å². The number of ether oxygens (including phenoxy) is 2. The number of Topliss-reactive ketones (excluding diaryl/α,β-unsaturated/α-hetero) is 1. The third kappa shape index (κ3) is 3.39. The maximum Gasteiger partial charge on any atom is 0.190 e. The van der Waals surface area contributed by atoms with Gasteiger partial charge in [-0.2, -0.15) is 0 Å². The maximum atomic E-state index is 13.1. The van der Waals surface area contributed by atoms with E-state index in [1.165, 1.54) is 40.8 Å². The first kappa shape index (κ1) is 21.5. The summed E-state index contributed by atoms with van der Waals surface area (Å²) in [5, 5.41) is 0. The van der Waals surface area contributed by atoms with Crippen LogP contribution in [-0.4, -0.2) is 18.9 Å². The predicted molar refractivity (Wildman–Crippen MR) is 142 cm³/mol. The highest BCUT2D eigenvalue weighted by Crippen LogP contribution is 2.47. The molecule has 180 valence electrons. The summed E-state index contributed by atoms with van der Waals surface area (Å²) in [6.07, 6.45) is 13.3. The van der Waals surface area contributed by atoms with Gasteiger partial charge in [-0.15, -0.1) is 0 Å². The van der Waals surface area contributed by atoms with Crippen LogP contribution in [-0.2, 0) is 24.0 Å². The molecule has 7 rings (SSSR count). The Morgan fingerprint density at radius 2 is 1.75 bits per heavy atom. The molecule has 2 aromatic rings. The number of rotatable bonds is 1. The van der Waals surface area contributed by atoms with Crippen LogP contribution in [0.5, 0.6) is 5.75 Å². The summed E-state index contributed by atoms with van der Waals surface area (Å²) in [7, 11) is 0. The molecule has 0 amide bonds. The van der Waals surface area contributed by atoms with Crippen LogP contribution in [0.3, 0.4) is 0 Å². The van der Waals surface area contributed by atoms with Gasteiger partial charge >= 0.3 is 0 Å². The third-order valence-electron chi connectivity index (χ3n) is 7.95. The quantitative estimate of drug-likeness (QED) is 0.435. The molecule has 4 aliphatic heterocycles. The van der Waals surface area contributed by atoms with Crippen LogP contribution in [0, 0.1) is 0 Å². The second kappa shape index (κ2) is 8.12. The van der Waals surface area contributed by atoms with E-state index in [1.54, 1.807) is 0 Å². The van der Waals surface area contributed by atoms with Gasteiger partial charge in [-0.25, -0.2) is 0 Å². The van der Waals surface area contributed by atoms with Crippen molar-refractivity contribution in [3.05, 3.63) is 111 Å². The van der Waals surface area contributed by atoms with Gasteiger partial charge in [0.05, 0.1) is 0 Å². The van der Waals surface area contributed by atoms with Crippen molar-refractivity contribution in [1.82, 2.24) is 0 Å². The van der Waals surface area contributed by atoms with E-state index in [-0.39, 0.29) is 5.78 Å². The lowest BCUT2D eigenvalue weighted by atomic mass is 9.86. The largest absolute Gasteiger partial charge is 0.462 e. The van der Waals surface area contributed by atoms with Crippen molar-refractivity contribution in [3.63, 3.8) is 0 Å². The van der Waals surface area contributed by atoms with Crippen LogP contribution in [0.2, 0.25) is 0 Å². The van der Waals surface area contributed by atoms with E-state index in [2.05, 4.69) is 24.0 Å². The Kier molecular flexibility index (Phi) is 4.85. The SMILES string of the molecule is CC1=CC(=C2Cc3ccccc3C2=O)C=C(C=C2C=C(C)c3cc4c5c(c3O2)CCCN5CCC4)O1. The first-order valence-electron chi connectivity index (χ1n) is 13.0. The standard InChI is InChI=1S/C32H29NO3/c1-19-13-24(36-32-27-10-6-12-33-11-5-8-22(30(27)33)17-28(19)32)18-25-15-23(14-20(2)35-25)29-16-21-7-3-4-9-26(21)31(29)34/h3-4,7,9,13-15,17-18H,5-6,8,10-12,16H2,1-2H3. The number of allylic oxidation sites excluding steroid dienone is 8. The fraction of sp³-hybridized carbons (Fsp3) is 0.281. The van der Waals surface area contributed by atoms with Gasteiger partial charge in [0.25, 0.3) is 0 Å². The molecule has 1 aliphatic carbocycles. The van der Waals surface area contributed by atoms with Gasteiger partial charge in [0.1, 0.15) is 23.0 Å². The van der Waals surface area contributed by atoms with E-state index in [0.29, 0.717) is 12.2 Å². The Morgan fingerprint density at radius 1 is 0.917 bits per heavy atom. The van der Waals surface area contributed by atoms with Crippen molar-refractivity contribution in [2.24, 2.45) is 0 Å². The van der Waals surface area contributed by atoms with Crippen LogP contribution in [0.25, 0.3) is 5.57 Å². The molecule has 0 aromatic heterocycles. The lowest BCUT2D eigenvalue weighted by Crippen LogP contribution is -2.35. The second-order valence-corrected chi connectivity index (χ2v) is 10.4. The number of anilines is 1. The van der Waals surface area contributed by atoms with E-state index in [9.17, 15) is 4.79 Å². The van der Waals surface area contributed by atoms with E-state index in [0.717, 1.165) is 65.5 Å². The molecule has 4 heterocycles. The third-order valence-corrected chi connectivity index (χ3v) is 7.95. The zero-order valence-electron chi connectivity index (χ0n) is 20.8. The Morgan fingerprint density at radius 3 is 2.61 bits per heavy atom. The van der Waals surface area contributed by atoms with Gasteiger partial charge in [-0.05, 0) is 86.1 Å². The van der Waals surface area contributed by atoms with Crippen LogP contribution < -0.4 is 9.64 Å². The number of nitrogens with zero attached hydrogens (tertiary/aromatic N) is 1. The van der Waals surface area contributed by atoms with Gasteiger partial charge in [0.2, 0.25) is 0 Å². The molecule has 36 heavy (non-hydrogen) atoms. The zero-order chi connectivity index (χ0) is 24.4. The number of benzene rings is 2. The Hall–Kier alpha value is -3.79. The van der Waals surface area contributed by atoms with Gasteiger partial charge in [0, 0.05) is 53.5 Å². The molecule has 0 radical (unpaired) electrons. The summed E-state index contributed by atoms with van der Waals surface area (Å²) in [6, 6.07) is 10.2. The van der Waals surface area contributed by atoms with Gasteiger partial charge in [-0.1, -0.05) is 24.3 Å². The monoisotopic (exact) mass is 475 g/mol. The summed E-state index contributed by atoms with van der Waals surface area (Å²) in [5.41, 5.74) is 10.3. The highest BCUT2D eigenvalue weighted by atomic mass is 16.5. The maximum absolute atomic E-state index is 13.1. The Labute approximate surface area is 211 Å². The van der Waals surface area contributed by atoms with E-state index < -0.39 is 0 Å². The molecule has 0 N–H and O–H groups in total. The van der Waals surface area contributed by atoms with Crippen LogP contribution in [0.1, 0.15) is 59.3 Å². The first-order valence-corrected chi connectivity index (χ1v) is 13.0. The summed E-state index contributed by atoms with van der Waals surface area (Å²) in [4.78, 5) is 15.6. The molecule has 0 saturated heterocycles. The second-order valence-electron chi connectivity index (χ2n) is 10.4. The van der Waals surface area contributed by atoms with Crippen molar-refractivity contribution in [1.29, 1.82) is 0 Å². The summed E-state index contributed by atoms with van der Waals surface area (Å²) < 4.78 is 12.7. The number of hydrogen-bond acceptors (Lipinski definition) is 4. The topological polar surface area (TPSA) is 38.8 Å². The molecule has 0 unspecified atom stereocenters. The highest BCUT2D eigenvalue weighted by molar-refractivity contribution is 6.14. The minimum absolute atomic E-state index is 0.113. The normalized spacial score (nSPS) is 23.2. The number of carbonyl (C=O) groups excluding carboxylic acids is 1. The summed E-state index contributed by atoms with van der Waals surface area (Å²) in [6.45, 7) is 6.38. The zero-order valence-corrected chi connectivity index (χ0v) is 20.8. The van der Waals surface area contributed by atoms with Crippen LogP contribution in [0.15, 0.2) is 83.1 Å². The molecule has 4 heteroatoms. The van der Waals surface area contributed by atoms with Crippen molar-refractivity contribution in [2.45, 2.75) is 46.0 Å². The van der Waals surface area contributed by atoms with Crippen molar-refractivity contribution < 1.29 is 14.3 Å². The molecule has 4 nitrogen and oxygen atoms in total. The van der Waals surface area contributed by atoms with Crippen molar-refractivity contribution in [3.8, 4) is 5.75 Å². The summed E-state index contributed by atoms with van der Waals surface area (Å²) in [5.74, 6) is 3.36. The minimum atomic E-state index is 0.113. The minimum Gasteiger partial charge on any atom is -0.462 e. The Bertz CT molecular complexity index is 1500. The van der Waals surface area contributed by atoms with Crippen LogP contribution >= 0.6 is 0 Å². The molecule has 5 aliphatic rings. The number of fused-ring (bicyclic) bond motifs is 3. The molecule has 0 atom stereocenters. The van der Waals surface area contributed by atoms with Gasteiger partial charge < -0.3 is 14.4 Å². The molecule has 2 aromatic carbocycles. The number of ketones is 1. The number of carbonyl (C=O) groups is 1. The highest BCUT2D eigenvalue weighted by Gasteiger charge is 2.31. The van der Waals surface area contributed by atoms with E-state index in [1.807, 2.05) is 49.4 Å².